The monoisotopic (exact) mass is 317 g/mol. The van der Waals surface area contributed by atoms with Gasteiger partial charge < -0.3 is 0 Å². The van der Waals surface area contributed by atoms with Crippen LogP contribution in [0.2, 0.25) is 13.1 Å². The molecule has 4 heteroatoms. The number of esters is 1. The molecule has 0 N–H and O–H groups in total. The van der Waals surface area contributed by atoms with Crippen molar-refractivity contribution in [2.45, 2.75) is 32.9 Å². The molecular weight excluding hydrogens is 300 g/mol. The molecule has 0 spiro atoms. The molecule has 15 heavy (non-hydrogen) atoms. The predicted octanol–water partition coefficient (Wildman–Crippen LogP) is 2.53. The van der Waals surface area contributed by atoms with Crippen LogP contribution < -0.4 is 0 Å². The summed E-state index contributed by atoms with van der Waals surface area (Å²) >= 11 is -1.85. The Labute approximate surface area is 99.1 Å². The molecule has 0 aromatic heterocycles. The zero-order valence-corrected chi connectivity index (χ0v) is 12.2. The van der Waals surface area contributed by atoms with E-state index in [-0.39, 0.29) is 12.6 Å². The maximum atomic E-state index is 11.8. The van der Waals surface area contributed by atoms with Crippen molar-refractivity contribution >= 4 is 26.2 Å². The molecule has 0 fully saturated rings. The van der Waals surface area contributed by atoms with Gasteiger partial charge >= 0.3 is 99.2 Å². The molecule has 0 aliphatic rings. The SMILES string of the molecule is C=CCOC(=O)[C](C#N)(CCC)[Sb]([CH3])[CH3]. The maximum absolute atomic E-state index is 11.8. The second-order valence-corrected chi connectivity index (χ2v) is 10.8. The van der Waals surface area contributed by atoms with Gasteiger partial charge in [0.1, 0.15) is 0 Å². The van der Waals surface area contributed by atoms with Crippen LogP contribution in [0, 0.1) is 11.3 Å². The predicted molar refractivity (Wildman–Crippen MR) is 61.9 cm³/mol. The zero-order chi connectivity index (χ0) is 11.9. The van der Waals surface area contributed by atoms with Gasteiger partial charge in [0.2, 0.25) is 0 Å². The summed E-state index contributed by atoms with van der Waals surface area (Å²) in [6.07, 6.45) is 2.98. The number of carbonyl (C=O) groups is 1. The summed E-state index contributed by atoms with van der Waals surface area (Å²) in [5.41, 5.74) is 0. The van der Waals surface area contributed by atoms with Crippen LogP contribution in [-0.2, 0) is 9.53 Å². The molecule has 0 rings (SSSR count). The van der Waals surface area contributed by atoms with Crippen LogP contribution in [-0.4, -0.2) is 32.8 Å². The first-order valence-electron chi connectivity index (χ1n) is 4.92. The van der Waals surface area contributed by atoms with E-state index in [4.69, 9.17) is 4.74 Å². The molecule has 84 valence electrons. The molecule has 0 aliphatic carbocycles. The van der Waals surface area contributed by atoms with Crippen molar-refractivity contribution in [3.63, 3.8) is 0 Å². The van der Waals surface area contributed by atoms with Crippen LogP contribution >= 0.6 is 0 Å². The third-order valence-electron chi connectivity index (χ3n) is 2.23. The molecule has 1 unspecified atom stereocenters. The third-order valence-corrected chi connectivity index (χ3v) is 8.03. The van der Waals surface area contributed by atoms with E-state index >= 15 is 0 Å². The molecule has 0 aromatic carbocycles. The Morgan fingerprint density at radius 3 is 2.60 bits per heavy atom. The van der Waals surface area contributed by atoms with E-state index < -0.39 is 23.6 Å². The van der Waals surface area contributed by atoms with E-state index in [9.17, 15) is 10.1 Å². The van der Waals surface area contributed by atoms with Crippen molar-refractivity contribution in [3.8, 4) is 6.07 Å². The number of hydrogen-bond acceptors (Lipinski definition) is 3. The van der Waals surface area contributed by atoms with Crippen molar-refractivity contribution in [2.24, 2.45) is 0 Å². The fourth-order valence-electron chi connectivity index (χ4n) is 1.33. The second-order valence-electron chi connectivity index (χ2n) is 3.50. The Morgan fingerprint density at radius 1 is 1.67 bits per heavy atom. The van der Waals surface area contributed by atoms with Gasteiger partial charge in [-0.1, -0.05) is 0 Å². The number of nitriles is 1. The van der Waals surface area contributed by atoms with Crippen molar-refractivity contribution in [2.75, 3.05) is 6.61 Å². The van der Waals surface area contributed by atoms with E-state index in [2.05, 4.69) is 22.4 Å². The van der Waals surface area contributed by atoms with Crippen LogP contribution in [0.5, 0.6) is 0 Å². The first-order valence-corrected chi connectivity index (χ1v) is 11.3. The van der Waals surface area contributed by atoms with Gasteiger partial charge in [0.25, 0.3) is 0 Å². The van der Waals surface area contributed by atoms with Crippen molar-refractivity contribution < 1.29 is 9.53 Å². The van der Waals surface area contributed by atoms with Crippen LogP contribution in [0.3, 0.4) is 0 Å². The van der Waals surface area contributed by atoms with Gasteiger partial charge in [-0.3, -0.25) is 0 Å². The molecule has 3 nitrogen and oxygen atoms in total. The average Bonchev–Trinajstić information content (AvgIpc) is 2.22. The van der Waals surface area contributed by atoms with Gasteiger partial charge in [-0.05, 0) is 0 Å². The zero-order valence-electron chi connectivity index (χ0n) is 9.62. The Kier molecular flexibility index (Phi) is 6.68. The van der Waals surface area contributed by atoms with E-state index in [0.29, 0.717) is 6.42 Å². The summed E-state index contributed by atoms with van der Waals surface area (Å²) in [5, 5.41) is 9.22. The van der Waals surface area contributed by atoms with Crippen LogP contribution in [0.15, 0.2) is 12.7 Å². The minimum atomic E-state index is -1.85. The van der Waals surface area contributed by atoms with Crippen LogP contribution in [0.4, 0.5) is 0 Å². The molecule has 0 saturated carbocycles. The van der Waals surface area contributed by atoms with Gasteiger partial charge in [-0.15, -0.1) is 0 Å². The molecule has 0 aliphatic heterocycles. The van der Waals surface area contributed by atoms with E-state index in [1.54, 1.807) is 0 Å². The summed E-state index contributed by atoms with van der Waals surface area (Å²) in [7, 11) is 0. The summed E-state index contributed by atoms with van der Waals surface area (Å²) in [6, 6.07) is 2.20. The molecule has 0 saturated heterocycles. The summed E-state index contributed by atoms with van der Waals surface area (Å²) in [6.45, 7) is 5.66. The van der Waals surface area contributed by atoms with Crippen molar-refractivity contribution in [1.82, 2.24) is 0 Å². The molecule has 0 bridgehead atoms. The van der Waals surface area contributed by atoms with Gasteiger partial charge in [0.05, 0.1) is 0 Å². The Morgan fingerprint density at radius 2 is 2.27 bits per heavy atom. The number of carbonyl (C=O) groups excluding carboxylic acids is 1. The quantitative estimate of drug-likeness (QED) is 0.430. The third kappa shape index (κ3) is 3.54. The summed E-state index contributed by atoms with van der Waals surface area (Å²) < 4.78 is 4.21. The number of ether oxygens (including phenoxy) is 1. The molecular formula is C11H18NO2Sb. The van der Waals surface area contributed by atoms with E-state index in [0.717, 1.165) is 6.42 Å². The van der Waals surface area contributed by atoms with Crippen molar-refractivity contribution in [3.05, 3.63) is 12.7 Å². The van der Waals surface area contributed by atoms with Gasteiger partial charge in [-0.2, -0.15) is 0 Å². The Bertz CT molecular complexity index is 270. The molecule has 0 aromatic rings. The van der Waals surface area contributed by atoms with Gasteiger partial charge in [-0.25, -0.2) is 0 Å². The summed E-state index contributed by atoms with van der Waals surface area (Å²) in [5.74, 6) is -0.347. The number of rotatable bonds is 6. The Hall–Kier alpha value is -0.482. The van der Waals surface area contributed by atoms with Crippen LogP contribution in [0.25, 0.3) is 0 Å². The van der Waals surface area contributed by atoms with Crippen LogP contribution in [0.1, 0.15) is 19.8 Å². The normalized spacial score (nSPS) is 14.1. The Balaban J connectivity index is 4.83. The number of hydrogen-bond donors (Lipinski definition) is 0. The fraction of sp³-hybridized carbons (Fsp3) is 0.636. The van der Waals surface area contributed by atoms with Gasteiger partial charge in [0, 0.05) is 0 Å². The van der Waals surface area contributed by atoms with Crippen molar-refractivity contribution in [1.29, 1.82) is 5.26 Å². The first-order chi connectivity index (χ1) is 7.05. The van der Waals surface area contributed by atoms with E-state index in [1.165, 1.54) is 6.08 Å². The topological polar surface area (TPSA) is 50.1 Å². The summed E-state index contributed by atoms with van der Waals surface area (Å²) in [4.78, 5) is 15.9. The standard InChI is InChI=1S/C9H12NO2.2CH3.Sb/c1-3-5-8(7-10)9(11)12-6-4-2;;;/h4H,2-3,5-6H2,1H3;2*1H3;. The molecule has 1 atom stereocenters. The minimum absolute atomic E-state index is 0.195. The number of nitrogens with zero attached hydrogens (tertiary/aromatic N) is 1. The second kappa shape index (κ2) is 6.90. The first kappa shape index (κ1) is 14.5. The molecule has 0 heterocycles. The molecule has 0 amide bonds. The van der Waals surface area contributed by atoms with Gasteiger partial charge in [0.15, 0.2) is 0 Å². The average molecular weight is 318 g/mol. The fourth-order valence-corrected chi connectivity index (χ4v) is 5.04. The molecule has 0 radical (unpaired) electrons. The van der Waals surface area contributed by atoms with E-state index in [1.807, 2.05) is 6.92 Å².